The highest BCUT2D eigenvalue weighted by atomic mass is 32.2. The second kappa shape index (κ2) is 5.61. The summed E-state index contributed by atoms with van der Waals surface area (Å²) in [6.45, 7) is 4.33. The summed E-state index contributed by atoms with van der Waals surface area (Å²) in [6, 6.07) is 0. The maximum absolute atomic E-state index is 12.3. The summed E-state index contributed by atoms with van der Waals surface area (Å²) in [6.07, 6.45) is 1.79. The fourth-order valence-corrected chi connectivity index (χ4v) is 3.15. The molecule has 0 aliphatic heterocycles. The third kappa shape index (κ3) is 2.85. The molecule has 0 aromatic carbocycles. The lowest BCUT2D eigenvalue weighted by Gasteiger charge is -2.17. The van der Waals surface area contributed by atoms with Crippen LogP contribution < -0.4 is 5.73 Å². The lowest BCUT2D eigenvalue weighted by atomic mass is 10.3. The average molecular weight is 260 g/mol. The molecule has 1 aromatic rings. The second-order valence-electron chi connectivity index (χ2n) is 4.01. The summed E-state index contributed by atoms with van der Waals surface area (Å²) < 4.78 is 26.0. The van der Waals surface area contributed by atoms with E-state index in [1.165, 1.54) is 4.31 Å². The zero-order valence-electron chi connectivity index (χ0n) is 10.5. The highest BCUT2D eigenvalue weighted by Crippen LogP contribution is 2.21. The van der Waals surface area contributed by atoms with Gasteiger partial charge >= 0.3 is 0 Å². The van der Waals surface area contributed by atoms with Gasteiger partial charge < -0.3 is 5.73 Å². The molecule has 6 nitrogen and oxygen atoms in total. The van der Waals surface area contributed by atoms with E-state index in [1.807, 2.05) is 6.92 Å². The van der Waals surface area contributed by atoms with Crippen LogP contribution in [0.15, 0.2) is 4.90 Å². The van der Waals surface area contributed by atoms with Crippen LogP contribution in [-0.2, 0) is 16.6 Å². The van der Waals surface area contributed by atoms with E-state index < -0.39 is 10.0 Å². The maximum atomic E-state index is 12.3. The highest BCUT2D eigenvalue weighted by molar-refractivity contribution is 7.89. The first-order chi connectivity index (χ1) is 7.95. The van der Waals surface area contributed by atoms with Crippen LogP contribution >= 0.6 is 0 Å². The minimum atomic E-state index is -3.48. The molecule has 0 aliphatic carbocycles. The Balaban J connectivity index is 3.08. The van der Waals surface area contributed by atoms with Gasteiger partial charge in [0.05, 0.1) is 11.4 Å². The van der Waals surface area contributed by atoms with Gasteiger partial charge in [-0.05, 0) is 13.3 Å². The van der Waals surface area contributed by atoms with Crippen LogP contribution in [0.3, 0.4) is 0 Å². The van der Waals surface area contributed by atoms with Gasteiger partial charge in [-0.1, -0.05) is 13.3 Å². The number of sulfonamides is 1. The van der Waals surface area contributed by atoms with E-state index in [-0.39, 0.29) is 11.4 Å². The summed E-state index contributed by atoms with van der Waals surface area (Å²) in [4.78, 5) is 0.221. The molecule has 7 heteroatoms. The van der Waals surface area contributed by atoms with Crippen molar-refractivity contribution in [3.8, 4) is 0 Å². The quantitative estimate of drug-likeness (QED) is 0.783. The fourth-order valence-electron chi connectivity index (χ4n) is 1.61. The van der Waals surface area contributed by atoms with Gasteiger partial charge in [-0.25, -0.2) is 12.7 Å². The lowest BCUT2D eigenvalue weighted by Crippen LogP contribution is -2.29. The molecule has 98 valence electrons. The fraction of sp³-hybridized carbons (Fsp3) is 0.700. The minimum absolute atomic E-state index is 0.112. The molecule has 0 atom stereocenters. The van der Waals surface area contributed by atoms with Gasteiger partial charge in [-0.2, -0.15) is 5.10 Å². The maximum Gasteiger partial charge on any atom is 0.246 e. The third-order valence-electron chi connectivity index (χ3n) is 2.65. The molecule has 0 amide bonds. The predicted molar refractivity (Wildman–Crippen MR) is 65.9 cm³/mol. The molecule has 1 aromatic heterocycles. The lowest BCUT2D eigenvalue weighted by molar-refractivity contribution is 0.458. The van der Waals surface area contributed by atoms with E-state index in [0.29, 0.717) is 17.9 Å². The van der Waals surface area contributed by atoms with E-state index in [4.69, 9.17) is 5.73 Å². The summed E-state index contributed by atoms with van der Waals surface area (Å²) in [5, 5.41) is 6.58. The summed E-state index contributed by atoms with van der Waals surface area (Å²) in [7, 11) is -1.90. The van der Waals surface area contributed by atoms with Gasteiger partial charge in [-0.15, -0.1) is 0 Å². The molecule has 0 saturated carbocycles. The van der Waals surface area contributed by atoms with Crippen LogP contribution in [-0.4, -0.2) is 36.5 Å². The molecular weight excluding hydrogens is 240 g/mol. The van der Waals surface area contributed by atoms with Gasteiger partial charge in [0.2, 0.25) is 10.0 Å². The first-order valence-corrected chi connectivity index (χ1v) is 7.09. The number of aromatic nitrogens is 2. The Morgan fingerprint density at radius 3 is 2.65 bits per heavy atom. The monoisotopic (exact) mass is 260 g/mol. The number of rotatable bonds is 6. The average Bonchev–Trinajstić information content (AvgIpc) is 2.67. The molecule has 3 N–H and O–H groups in total. The van der Waals surface area contributed by atoms with Gasteiger partial charge in [-0.3, -0.25) is 5.10 Å². The van der Waals surface area contributed by atoms with Crippen molar-refractivity contribution in [3.63, 3.8) is 0 Å². The number of nitrogens with two attached hydrogens (primary N) is 1. The molecule has 0 bridgehead atoms. The van der Waals surface area contributed by atoms with E-state index in [0.717, 1.165) is 12.8 Å². The number of hydrogen-bond acceptors (Lipinski definition) is 4. The first-order valence-electron chi connectivity index (χ1n) is 5.65. The number of nitrogens with one attached hydrogen (secondary N) is 1. The van der Waals surface area contributed by atoms with Crippen LogP contribution in [0.25, 0.3) is 0 Å². The van der Waals surface area contributed by atoms with Gasteiger partial charge in [0, 0.05) is 20.1 Å². The zero-order chi connectivity index (χ0) is 13.1. The van der Waals surface area contributed by atoms with Crippen molar-refractivity contribution >= 4 is 10.0 Å². The smallest absolute Gasteiger partial charge is 0.246 e. The van der Waals surface area contributed by atoms with E-state index >= 15 is 0 Å². The largest absolute Gasteiger partial charge is 0.325 e. The normalized spacial score (nSPS) is 12.3. The molecule has 1 heterocycles. The minimum Gasteiger partial charge on any atom is -0.325 e. The Hall–Kier alpha value is -0.920. The molecule has 0 fully saturated rings. The van der Waals surface area contributed by atoms with Crippen molar-refractivity contribution in [2.24, 2.45) is 5.73 Å². The van der Waals surface area contributed by atoms with Crippen molar-refractivity contribution in [2.45, 2.75) is 38.1 Å². The topological polar surface area (TPSA) is 92.1 Å². The predicted octanol–water partition coefficient (Wildman–Crippen LogP) is 0.597. The van der Waals surface area contributed by atoms with E-state index in [1.54, 1.807) is 14.0 Å². The summed E-state index contributed by atoms with van der Waals surface area (Å²) in [5.41, 5.74) is 6.43. The Morgan fingerprint density at radius 2 is 2.12 bits per heavy atom. The molecular formula is C10H20N4O2S. The number of H-pyrrole nitrogens is 1. The number of nitrogens with zero attached hydrogens (tertiary/aromatic N) is 2. The molecule has 1 rings (SSSR count). The van der Waals surface area contributed by atoms with Crippen molar-refractivity contribution in [3.05, 3.63) is 11.4 Å². The standard InChI is InChI=1S/C10H20N4O2S/c1-4-5-6-14(3)17(15,16)10-8(2)12-13-9(10)7-11/h4-7,11H2,1-3H3,(H,12,13). The van der Waals surface area contributed by atoms with Crippen molar-refractivity contribution in [1.29, 1.82) is 0 Å². The number of hydrogen-bond donors (Lipinski definition) is 2. The first kappa shape index (κ1) is 14.1. The van der Waals surface area contributed by atoms with Crippen molar-refractivity contribution in [2.75, 3.05) is 13.6 Å². The SMILES string of the molecule is CCCCN(C)S(=O)(=O)c1c(CN)n[nH]c1C. The van der Waals surface area contributed by atoms with Crippen molar-refractivity contribution in [1.82, 2.24) is 14.5 Å². The molecule has 17 heavy (non-hydrogen) atoms. The van der Waals surface area contributed by atoms with Crippen LogP contribution in [0.2, 0.25) is 0 Å². The number of aromatic amines is 1. The van der Waals surface area contributed by atoms with Gasteiger partial charge in [0.25, 0.3) is 0 Å². The highest BCUT2D eigenvalue weighted by Gasteiger charge is 2.27. The molecule has 0 radical (unpaired) electrons. The van der Waals surface area contributed by atoms with Crippen LogP contribution in [0.1, 0.15) is 31.2 Å². The van der Waals surface area contributed by atoms with Crippen LogP contribution in [0, 0.1) is 6.92 Å². The summed E-state index contributed by atoms with van der Waals surface area (Å²) >= 11 is 0. The van der Waals surface area contributed by atoms with E-state index in [2.05, 4.69) is 10.2 Å². The Kier molecular flexibility index (Phi) is 4.67. The van der Waals surface area contributed by atoms with E-state index in [9.17, 15) is 8.42 Å². The van der Waals surface area contributed by atoms with Crippen LogP contribution in [0.4, 0.5) is 0 Å². The molecule has 0 aliphatic rings. The molecule has 0 unspecified atom stereocenters. The Labute approximate surface area is 102 Å². The third-order valence-corrected chi connectivity index (χ3v) is 4.71. The van der Waals surface area contributed by atoms with Gasteiger partial charge in [0.1, 0.15) is 4.90 Å². The Morgan fingerprint density at radius 1 is 1.47 bits per heavy atom. The Bertz CT molecular complexity index is 467. The number of aryl methyl sites for hydroxylation is 1. The zero-order valence-corrected chi connectivity index (χ0v) is 11.3. The summed E-state index contributed by atoms with van der Waals surface area (Å²) in [5.74, 6) is 0. The molecule has 0 spiro atoms. The number of unbranched alkanes of at least 4 members (excludes halogenated alkanes) is 1. The van der Waals surface area contributed by atoms with Crippen LogP contribution in [0.5, 0.6) is 0 Å². The second-order valence-corrected chi connectivity index (χ2v) is 5.99. The van der Waals surface area contributed by atoms with Crippen molar-refractivity contribution < 1.29 is 8.42 Å². The molecule has 0 saturated heterocycles. The van der Waals surface area contributed by atoms with Gasteiger partial charge in [0.15, 0.2) is 0 Å².